The van der Waals surface area contributed by atoms with Crippen molar-refractivity contribution < 1.29 is 17.6 Å². The molecule has 1 unspecified atom stereocenters. The first-order chi connectivity index (χ1) is 16.2. The molecule has 3 aromatic rings. The number of anilines is 1. The number of thioether (sulfide) groups is 1. The summed E-state index contributed by atoms with van der Waals surface area (Å²) < 4.78 is 30.9. The number of nitrogens with zero attached hydrogens (tertiary/aromatic N) is 3. The van der Waals surface area contributed by atoms with Gasteiger partial charge in [-0.3, -0.25) is 18.9 Å². The number of sulfone groups is 1. The third-order valence-electron chi connectivity index (χ3n) is 5.77. The highest BCUT2D eigenvalue weighted by atomic mass is 32.2. The van der Waals surface area contributed by atoms with Crippen molar-refractivity contribution in [3.8, 4) is 0 Å². The maximum Gasteiger partial charge on any atom is 0.267 e. The number of aryl methyl sites for hydroxylation is 1. The summed E-state index contributed by atoms with van der Waals surface area (Å²) in [5, 5.41) is 3.14. The van der Waals surface area contributed by atoms with Gasteiger partial charge in [0.05, 0.1) is 40.8 Å². The average molecular weight is 517 g/mol. The molecule has 0 saturated carbocycles. The lowest BCUT2D eigenvalue weighted by atomic mass is 10.2. The summed E-state index contributed by atoms with van der Waals surface area (Å²) in [7, 11) is -3.19. The largest absolute Gasteiger partial charge is 0.467 e. The Hall–Kier alpha value is -2.96. The minimum atomic E-state index is -3.19. The van der Waals surface area contributed by atoms with Crippen LogP contribution in [-0.4, -0.2) is 50.5 Å². The Bertz CT molecular complexity index is 1510. The fourth-order valence-corrected chi connectivity index (χ4v) is 7.15. The summed E-state index contributed by atoms with van der Waals surface area (Å²) in [6, 6.07) is 6.69. The van der Waals surface area contributed by atoms with Gasteiger partial charge in [0.15, 0.2) is 9.84 Å². The molecular formula is C22H20N4O5S3. The molecule has 0 bridgehead atoms. The van der Waals surface area contributed by atoms with Crippen molar-refractivity contribution in [3.63, 3.8) is 0 Å². The number of nitrogens with one attached hydrogen (secondary N) is 1. The standard InChI is InChI=1S/C22H20N4O5S3/c1-13-4-2-7-25-19(13)24-18(23-11-15-5-3-8-31-15)16(20(25)27)10-17-21(28)26(22(32)33-17)14-6-9-34(29,30)12-14/h2-5,7-8,10,14,23H,6,9,11-12H2,1H3/b17-10+. The molecule has 2 fully saturated rings. The van der Waals surface area contributed by atoms with Gasteiger partial charge < -0.3 is 9.73 Å². The van der Waals surface area contributed by atoms with Gasteiger partial charge >= 0.3 is 0 Å². The lowest BCUT2D eigenvalue weighted by molar-refractivity contribution is -0.123. The van der Waals surface area contributed by atoms with E-state index in [2.05, 4.69) is 10.3 Å². The Balaban J connectivity index is 1.56. The first-order valence-corrected chi connectivity index (χ1v) is 13.5. The van der Waals surface area contributed by atoms with Crippen LogP contribution in [0.25, 0.3) is 11.7 Å². The maximum atomic E-state index is 13.4. The Morgan fingerprint density at radius 1 is 1.32 bits per heavy atom. The monoisotopic (exact) mass is 516 g/mol. The summed E-state index contributed by atoms with van der Waals surface area (Å²) in [6.07, 6.45) is 5.01. The maximum absolute atomic E-state index is 13.4. The first-order valence-electron chi connectivity index (χ1n) is 10.5. The lowest BCUT2D eigenvalue weighted by Crippen LogP contribution is -2.39. The summed E-state index contributed by atoms with van der Waals surface area (Å²) in [5.41, 5.74) is 1.18. The molecule has 0 spiro atoms. The van der Waals surface area contributed by atoms with E-state index in [-0.39, 0.29) is 31.9 Å². The molecule has 0 aliphatic carbocycles. The number of thiocarbonyl (C=S) groups is 1. The van der Waals surface area contributed by atoms with Crippen LogP contribution in [0, 0.1) is 6.92 Å². The molecule has 2 saturated heterocycles. The number of hydrogen-bond donors (Lipinski definition) is 1. The van der Waals surface area contributed by atoms with Crippen LogP contribution in [0.5, 0.6) is 0 Å². The predicted molar refractivity (Wildman–Crippen MR) is 134 cm³/mol. The molecule has 5 rings (SSSR count). The predicted octanol–water partition coefficient (Wildman–Crippen LogP) is 2.60. The third kappa shape index (κ3) is 4.17. The number of furan rings is 1. The number of aromatic nitrogens is 2. The van der Waals surface area contributed by atoms with Gasteiger partial charge in [0, 0.05) is 6.20 Å². The number of carbonyl (C=O) groups excluding carboxylic acids is 1. The zero-order valence-electron chi connectivity index (χ0n) is 18.1. The minimum absolute atomic E-state index is 0.0317. The van der Waals surface area contributed by atoms with E-state index in [0.29, 0.717) is 30.2 Å². The highest BCUT2D eigenvalue weighted by Gasteiger charge is 2.42. The van der Waals surface area contributed by atoms with Crippen molar-refractivity contribution >= 4 is 61.6 Å². The first kappa shape index (κ1) is 22.8. The highest BCUT2D eigenvalue weighted by Crippen LogP contribution is 2.36. The summed E-state index contributed by atoms with van der Waals surface area (Å²) in [6.45, 7) is 2.15. The number of pyridine rings is 1. The van der Waals surface area contributed by atoms with E-state index in [1.54, 1.807) is 30.7 Å². The second kappa shape index (κ2) is 8.67. The van der Waals surface area contributed by atoms with Crippen molar-refractivity contribution in [1.29, 1.82) is 0 Å². The van der Waals surface area contributed by atoms with E-state index >= 15 is 0 Å². The van der Waals surface area contributed by atoms with E-state index in [1.807, 2.05) is 13.0 Å². The molecule has 2 aliphatic rings. The number of rotatable bonds is 5. The van der Waals surface area contributed by atoms with E-state index in [1.165, 1.54) is 15.4 Å². The average Bonchev–Trinajstić information content (AvgIpc) is 3.49. The minimum Gasteiger partial charge on any atom is -0.467 e. The zero-order chi connectivity index (χ0) is 24.0. The van der Waals surface area contributed by atoms with Gasteiger partial charge in [-0.2, -0.15) is 0 Å². The Morgan fingerprint density at radius 3 is 2.85 bits per heavy atom. The van der Waals surface area contributed by atoms with E-state index < -0.39 is 21.8 Å². The Labute approximate surface area is 204 Å². The van der Waals surface area contributed by atoms with Crippen molar-refractivity contribution in [2.75, 3.05) is 16.8 Å². The quantitative estimate of drug-likeness (QED) is 0.404. The molecule has 176 valence electrons. The molecule has 1 N–H and O–H groups in total. The van der Waals surface area contributed by atoms with Gasteiger partial charge in [-0.05, 0) is 43.2 Å². The van der Waals surface area contributed by atoms with E-state index in [9.17, 15) is 18.0 Å². The highest BCUT2D eigenvalue weighted by molar-refractivity contribution is 8.26. The van der Waals surface area contributed by atoms with Crippen LogP contribution in [0.2, 0.25) is 0 Å². The molecule has 34 heavy (non-hydrogen) atoms. The summed E-state index contributed by atoms with van der Waals surface area (Å²) >= 11 is 6.45. The molecule has 12 heteroatoms. The third-order valence-corrected chi connectivity index (χ3v) is 8.85. The van der Waals surface area contributed by atoms with Gasteiger partial charge in [0.25, 0.3) is 11.5 Å². The molecule has 3 aromatic heterocycles. The van der Waals surface area contributed by atoms with E-state index in [0.717, 1.165) is 17.3 Å². The van der Waals surface area contributed by atoms with Crippen LogP contribution in [0.4, 0.5) is 5.82 Å². The van der Waals surface area contributed by atoms with Gasteiger partial charge in [-0.15, -0.1) is 0 Å². The van der Waals surface area contributed by atoms with Crippen LogP contribution >= 0.6 is 24.0 Å². The number of carbonyl (C=O) groups is 1. The number of fused-ring (bicyclic) bond motifs is 1. The van der Waals surface area contributed by atoms with Crippen molar-refractivity contribution in [3.05, 3.63) is 68.9 Å². The molecule has 1 atom stereocenters. The van der Waals surface area contributed by atoms with Crippen LogP contribution in [0.1, 0.15) is 23.3 Å². The second-order valence-corrected chi connectivity index (χ2v) is 12.0. The lowest BCUT2D eigenvalue weighted by Gasteiger charge is -2.20. The zero-order valence-corrected chi connectivity index (χ0v) is 20.5. The molecule has 1 amide bonds. The SMILES string of the molecule is Cc1cccn2c(=O)c(/C=C3/SC(=S)N(C4CCS(=O)(=O)C4)C3=O)c(NCc3ccco3)nc12. The Morgan fingerprint density at radius 2 is 2.15 bits per heavy atom. The normalized spacial score (nSPS) is 21.1. The molecule has 0 aromatic carbocycles. The van der Waals surface area contributed by atoms with Crippen LogP contribution < -0.4 is 10.9 Å². The molecule has 2 aliphatic heterocycles. The van der Waals surface area contributed by atoms with Gasteiger partial charge in [0.2, 0.25) is 0 Å². The van der Waals surface area contributed by atoms with Gasteiger partial charge in [0.1, 0.15) is 21.5 Å². The van der Waals surface area contributed by atoms with E-state index in [4.69, 9.17) is 16.6 Å². The smallest absolute Gasteiger partial charge is 0.267 e. The van der Waals surface area contributed by atoms with Crippen molar-refractivity contribution in [2.45, 2.75) is 25.9 Å². The van der Waals surface area contributed by atoms with Crippen LogP contribution in [0.3, 0.4) is 0 Å². The topological polar surface area (TPSA) is 114 Å². The molecule has 9 nitrogen and oxygen atoms in total. The molecule has 0 radical (unpaired) electrons. The van der Waals surface area contributed by atoms with Gasteiger partial charge in [-0.1, -0.05) is 30.0 Å². The number of hydrogen-bond acceptors (Lipinski definition) is 9. The fourth-order valence-electron chi connectivity index (χ4n) is 4.07. The summed E-state index contributed by atoms with van der Waals surface area (Å²) in [4.78, 5) is 32.9. The summed E-state index contributed by atoms with van der Waals surface area (Å²) in [5.74, 6) is 0.491. The second-order valence-electron chi connectivity index (χ2n) is 8.11. The molecule has 5 heterocycles. The van der Waals surface area contributed by atoms with Gasteiger partial charge in [-0.25, -0.2) is 13.4 Å². The molecular weight excluding hydrogens is 496 g/mol. The fraction of sp³-hybridized carbons (Fsp3) is 0.273. The number of amides is 1. The van der Waals surface area contributed by atoms with Crippen molar-refractivity contribution in [2.24, 2.45) is 0 Å². The van der Waals surface area contributed by atoms with Crippen LogP contribution in [-0.2, 0) is 21.2 Å². The van der Waals surface area contributed by atoms with Crippen molar-refractivity contribution in [1.82, 2.24) is 14.3 Å². The Kier molecular flexibility index (Phi) is 5.82. The van der Waals surface area contributed by atoms with Crippen LogP contribution in [0.15, 0.2) is 50.8 Å².